The Labute approximate surface area is 134 Å². The summed E-state index contributed by atoms with van der Waals surface area (Å²) in [7, 11) is 0. The van der Waals surface area contributed by atoms with Gasteiger partial charge in [0.15, 0.2) is 0 Å². The lowest BCUT2D eigenvalue weighted by atomic mass is 9.90. The van der Waals surface area contributed by atoms with Crippen LogP contribution in [0.4, 0.5) is 0 Å². The van der Waals surface area contributed by atoms with Crippen LogP contribution in [0.2, 0.25) is 0 Å². The Morgan fingerprint density at radius 2 is 2.27 bits per heavy atom. The van der Waals surface area contributed by atoms with Gasteiger partial charge in [0.1, 0.15) is 0 Å². The fourth-order valence-corrected chi connectivity index (χ4v) is 3.72. The summed E-state index contributed by atoms with van der Waals surface area (Å²) in [5.74, 6) is 0.587. The molecule has 4 nitrogen and oxygen atoms in total. The minimum absolute atomic E-state index is 0.121. The number of hydrazine groups is 1. The van der Waals surface area contributed by atoms with Gasteiger partial charge in [-0.15, -0.1) is 11.3 Å². The fourth-order valence-electron chi connectivity index (χ4n) is 2.62. The molecule has 0 aliphatic heterocycles. The number of thiophene rings is 1. The third-order valence-electron chi connectivity index (χ3n) is 3.85. The van der Waals surface area contributed by atoms with E-state index in [0.29, 0.717) is 17.3 Å². The van der Waals surface area contributed by atoms with Gasteiger partial charge in [0, 0.05) is 11.1 Å². The van der Waals surface area contributed by atoms with E-state index in [1.807, 2.05) is 24.3 Å². The summed E-state index contributed by atoms with van der Waals surface area (Å²) < 4.78 is 0. The maximum absolute atomic E-state index is 12.3. The molecule has 3 rings (SSSR count). The first-order chi connectivity index (χ1) is 10.6. The number of aryl methyl sites for hydroxylation is 1. The first-order valence-corrected chi connectivity index (χ1v) is 8.23. The van der Waals surface area contributed by atoms with E-state index >= 15 is 0 Å². The molecule has 0 saturated heterocycles. The quantitative estimate of drug-likeness (QED) is 0.853. The van der Waals surface area contributed by atoms with Gasteiger partial charge in [0.25, 0.3) is 5.91 Å². The molecule has 2 aromatic rings. The molecule has 0 unspecified atom stereocenters. The highest BCUT2D eigenvalue weighted by Gasteiger charge is 2.20. The Bertz CT molecular complexity index is 693. The summed E-state index contributed by atoms with van der Waals surface area (Å²) in [6, 6.07) is 7.58. The monoisotopic (exact) mass is 313 g/mol. The number of nitrogens with zero attached hydrogens (tertiary/aromatic N) is 1. The lowest BCUT2D eigenvalue weighted by molar-refractivity contribution is 0.0946. The normalized spacial score (nSPS) is 16.7. The summed E-state index contributed by atoms with van der Waals surface area (Å²) in [6.07, 6.45) is 5.07. The second-order valence-electron chi connectivity index (χ2n) is 5.68. The molecule has 1 aliphatic carbocycles. The minimum Gasteiger partial charge on any atom is -0.297 e. The smallest absolute Gasteiger partial charge is 0.279 e. The average molecular weight is 313 g/mol. The summed E-state index contributed by atoms with van der Waals surface area (Å²) in [4.78, 5) is 18.5. The van der Waals surface area contributed by atoms with E-state index in [4.69, 9.17) is 0 Å². The standard InChI is InChI=1S/C17H19N3OS/c1-11-6-7-15-13(9-11)10-16(22-15)17(21)20-19-12(2)14-5-3-4-8-18-14/h3-5,8,10-11,19H,2,6-7,9H2,1H3,(H,20,21)/t11-/m0/s1. The predicted molar refractivity (Wildman–Crippen MR) is 89.4 cm³/mol. The van der Waals surface area contributed by atoms with Gasteiger partial charge in [-0.25, -0.2) is 0 Å². The lowest BCUT2D eigenvalue weighted by Crippen LogP contribution is -2.35. The van der Waals surface area contributed by atoms with Gasteiger partial charge in [-0.05, 0) is 48.9 Å². The van der Waals surface area contributed by atoms with Crippen molar-refractivity contribution < 1.29 is 4.79 Å². The van der Waals surface area contributed by atoms with Crippen LogP contribution in [0.15, 0.2) is 37.0 Å². The van der Waals surface area contributed by atoms with Gasteiger partial charge in [-0.3, -0.25) is 20.6 Å². The number of fused-ring (bicyclic) bond motifs is 1. The molecule has 2 aromatic heterocycles. The van der Waals surface area contributed by atoms with Crippen molar-refractivity contribution in [1.82, 2.24) is 15.8 Å². The Morgan fingerprint density at radius 3 is 3.05 bits per heavy atom. The summed E-state index contributed by atoms with van der Waals surface area (Å²) >= 11 is 1.60. The number of carbonyl (C=O) groups excluding carboxylic acids is 1. The molecule has 1 aliphatic rings. The maximum Gasteiger partial charge on any atom is 0.279 e. The van der Waals surface area contributed by atoms with E-state index in [-0.39, 0.29) is 5.91 Å². The van der Waals surface area contributed by atoms with Crippen LogP contribution in [0.25, 0.3) is 5.70 Å². The second-order valence-corrected chi connectivity index (χ2v) is 6.82. The van der Waals surface area contributed by atoms with Gasteiger partial charge in [-0.2, -0.15) is 0 Å². The third kappa shape index (κ3) is 3.20. The first kappa shape index (κ1) is 14.8. The number of amides is 1. The molecule has 0 spiro atoms. The van der Waals surface area contributed by atoms with Crippen molar-refractivity contribution in [1.29, 1.82) is 0 Å². The van der Waals surface area contributed by atoms with Crippen molar-refractivity contribution in [2.75, 3.05) is 0 Å². The van der Waals surface area contributed by atoms with E-state index in [1.54, 1.807) is 17.5 Å². The predicted octanol–water partition coefficient (Wildman–Crippen LogP) is 3.17. The number of carbonyl (C=O) groups is 1. The SMILES string of the molecule is C=C(NNC(=O)c1cc2c(s1)CC[C@H](C)C2)c1ccccn1. The van der Waals surface area contributed by atoms with Crippen LogP contribution in [0, 0.1) is 5.92 Å². The van der Waals surface area contributed by atoms with Crippen molar-refractivity contribution in [3.8, 4) is 0 Å². The maximum atomic E-state index is 12.3. The van der Waals surface area contributed by atoms with Crippen molar-refractivity contribution in [2.45, 2.75) is 26.2 Å². The molecule has 0 radical (unpaired) electrons. The van der Waals surface area contributed by atoms with Gasteiger partial charge in [0.2, 0.25) is 0 Å². The Kier molecular flexibility index (Phi) is 4.24. The van der Waals surface area contributed by atoms with Crippen molar-refractivity contribution in [3.05, 3.63) is 58.1 Å². The van der Waals surface area contributed by atoms with E-state index in [0.717, 1.165) is 17.7 Å². The van der Waals surface area contributed by atoms with Crippen LogP contribution < -0.4 is 10.9 Å². The van der Waals surface area contributed by atoms with Crippen LogP contribution in [0.3, 0.4) is 0 Å². The van der Waals surface area contributed by atoms with Crippen molar-refractivity contribution in [3.63, 3.8) is 0 Å². The van der Waals surface area contributed by atoms with E-state index in [9.17, 15) is 4.79 Å². The highest BCUT2D eigenvalue weighted by Crippen LogP contribution is 2.32. The molecule has 2 heterocycles. The minimum atomic E-state index is -0.121. The third-order valence-corrected chi connectivity index (χ3v) is 5.09. The number of hydrogen-bond donors (Lipinski definition) is 2. The molecule has 2 N–H and O–H groups in total. The average Bonchev–Trinajstić information content (AvgIpc) is 2.96. The number of nitrogens with one attached hydrogen (secondary N) is 2. The number of rotatable bonds is 4. The van der Waals surface area contributed by atoms with Gasteiger partial charge < -0.3 is 0 Å². The zero-order chi connectivity index (χ0) is 15.5. The number of pyridine rings is 1. The van der Waals surface area contributed by atoms with Gasteiger partial charge in [-0.1, -0.05) is 19.6 Å². The number of aromatic nitrogens is 1. The molecule has 0 aromatic carbocycles. The zero-order valence-electron chi connectivity index (χ0n) is 12.6. The number of hydrogen-bond acceptors (Lipinski definition) is 4. The van der Waals surface area contributed by atoms with E-state index < -0.39 is 0 Å². The van der Waals surface area contributed by atoms with Crippen LogP contribution in [0.1, 0.15) is 39.2 Å². The summed E-state index contributed by atoms with van der Waals surface area (Å²) in [5, 5.41) is 0. The largest absolute Gasteiger partial charge is 0.297 e. The summed E-state index contributed by atoms with van der Waals surface area (Å²) in [6.45, 7) is 6.14. The fraction of sp³-hybridized carbons (Fsp3) is 0.294. The molecule has 5 heteroatoms. The van der Waals surface area contributed by atoms with Gasteiger partial charge >= 0.3 is 0 Å². The lowest BCUT2D eigenvalue weighted by Gasteiger charge is -2.16. The van der Waals surface area contributed by atoms with Crippen molar-refractivity contribution >= 4 is 22.9 Å². The topological polar surface area (TPSA) is 54.0 Å². The Balaban J connectivity index is 1.62. The molecule has 0 bridgehead atoms. The molecule has 114 valence electrons. The molecule has 1 atom stereocenters. The molecular weight excluding hydrogens is 294 g/mol. The van der Waals surface area contributed by atoms with Crippen LogP contribution in [-0.4, -0.2) is 10.9 Å². The molecular formula is C17H19N3OS. The highest BCUT2D eigenvalue weighted by atomic mass is 32.1. The second kappa shape index (κ2) is 6.32. The Hall–Kier alpha value is -2.14. The molecule has 22 heavy (non-hydrogen) atoms. The molecule has 0 saturated carbocycles. The first-order valence-electron chi connectivity index (χ1n) is 7.41. The van der Waals surface area contributed by atoms with Crippen LogP contribution >= 0.6 is 11.3 Å². The van der Waals surface area contributed by atoms with E-state index in [2.05, 4.69) is 29.3 Å². The van der Waals surface area contributed by atoms with Crippen LogP contribution in [0.5, 0.6) is 0 Å². The zero-order valence-corrected chi connectivity index (χ0v) is 13.4. The molecule has 0 fully saturated rings. The van der Waals surface area contributed by atoms with E-state index in [1.165, 1.54) is 16.9 Å². The highest BCUT2D eigenvalue weighted by molar-refractivity contribution is 7.14. The molecule has 1 amide bonds. The van der Waals surface area contributed by atoms with Crippen molar-refractivity contribution in [2.24, 2.45) is 5.92 Å². The van der Waals surface area contributed by atoms with Crippen LogP contribution in [-0.2, 0) is 12.8 Å². The Morgan fingerprint density at radius 1 is 1.41 bits per heavy atom. The summed E-state index contributed by atoms with van der Waals surface area (Å²) in [5.41, 5.74) is 8.15. The van der Waals surface area contributed by atoms with Gasteiger partial charge in [0.05, 0.1) is 16.3 Å².